The summed E-state index contributed by atoms with van der Waals surface area (Å²) >= 11 is 0. The predicted molar refractivity (Wildman–Crippen MR) is 89.9 cm³/mol. The zero-order valence-electron chi connectivity index (χ0n) is 13.3. The molecule has 0 unspecified atom stereocenters. The minimum atomic E-state index is 0.859. The Labute approximate surface area is 131 Å². The van der Waals surface area contributed by atoms with Gasteiger partial charge in [-0.3, -0.25) is 4.90 Å². The van der Waals surface area contributed by atoms with Gasteiger partial charge in [0.2, 0.25) is 5.69 Å². The van der Waals surface area contributed by atoms with Crippen molar-refractivity contribution in [3.8, 4) is 16.9 Å². The van der Waals surface area contributed by atoms with Crippen molar-refractivity contribution in [2.75, 3.05) is 21.2 Å². The molecule has 22 heavy (non-hydrogen) atoms. The Kier molecular flexibility index (Phi) is 4.07. The van der Waals surface area contributed by atoms with E-state index in [4.69, 9.17) is 4.74 Å². The van der Waals surface area contributed by atoms with Crippen LogP contribution in [0.3, 0.4) is 0 Å². The third kappa shape index (κ3) is 2.81. The molecule has 3 nitrogen and oxygen atoms in total. The number of aromatic nitrogens is 1. The topological polar surface area (TPSA) is 26.6 Å². The highest BCUT2D eigenvalue weighted by molar-refractivity contribution is 5.97. The molecule has 3 aromatic rings. The first kappa shape index (κ1) is 14.5. The second kappa shape index (κ2) is 6.16. The molecule has 0 atom stereocenters. The summed E-state index contributed by atoms with van der Waals surface area (Å²) in [5, 5.41) is 2.39. The van der Waals surface area contributed by atoms with E-state index in [9.17, 15) is 0 Å². The fraction of sp³-hybridized carbons (Fsp3) is 0.211. The SMILES string of the molecule is COc1ccc2c[nH+]c(CN(C)C)c(-c3ccccc3)c2c1. The Morgan fingerprint density at radius 3 is 2.50 bits per heavy atom. The Morgan fingerprint density at radius 2 is 1.82 bits per heavy atom. The molecule has 0 saturated heterocycles. The van der Waals surface area contributed by atoms with Gasteiger partial charge in [0, 0.05) is 10.8 Å². The summed E-state index contributed by atoms with van der Waals surface area (Å²) in [6, 6.07) is 16.7. The van der Waals surface area contributed by atoms with Gasteiger partial charge in [-0.1, -0.05) is 30.3 Å². The van der Waals surface area contributed by atoms with Crippen LogP contribution in [0.5, 0.6) is 5.75 Å². The molecule has 1 N–H and O–H groups in total. The number of nitrogens with zero attached hydrogens (tertiary/aromatic N) is 1. The van der Waals surface area contributed by atoms with Gasteiger partial charge in [0.05, 0.1) is 19.2 Å². The first-order valence-electron chi connectivity index (χ1n) is 7.40. The van der Waals surface area contributed by atoms with E-state index < -0.39 is 0 Å². The standard InChI is InChI=1S/C19H20N2O/c1-21(2)13-18-19(14-7-5-4-6-8-14)17-11-16(22-3)10-9-15(17)12-20-18/h4-12H,13H2,1-3H3/p+1. The molecule has 0 aliphatic rings. The number of ether oxygens (including phenoxy) is 1. The van der Waals surface area contributed by atoms with Crippen LogP contribution in [0.1, 0.15) is 5.69 Å². The van der Waals surface area contributed by atoms with Crippen molar-refractivity contribution in [2.45, 2.75) is 6.54 Å². The average molecular weight is 293 g/mol. The van der Waals surface area contributed by atoms with Crippen LogP contribution >= 0.6 is 0 Å². The van der Waals surface area contributed by atoms with E-state index in [2.05, 4.69) is 66.6 Å². The first-order chi connectivity index (χ1) is 10.7. The van der Waals surface area contributed by atoms with Crippen LogP contribution in [-0.2, 0) is 6.54 Å². The number of methoxy groups -OCH3 is 1. The normalized spacial score (nSPS) is 11.1. The van der Waals surface area contributed by atoms with E-state index in [-0.39, 0.29) is 0 Å². The number of H-pyrrole nitrogens is 1. The highest BCUT2D eigenvalue weighted by Crippen LogP contribution is 2.32. The molecule has 0 radical (unpaired) electrons. The summed E-state index contributed by atoms with van der Waals surface area (Å²) in [6.07, 6.45) is 2.07. The Morgan fingerprint density at radius 1 is 1.05 bits per heavy atom. The fourth-order valence-corrected chi connectivity index (χ4v) is 2.78. The van der Waals surface area contributed by atoms with E-state index in [1.165, 1.54) is 27.6 Å². The molecular weight excluding hydrogens is 272 g/mol. The number of rotatable bonds is 4. The highest BCUT2D eigenvalue weighted by atomic mass is 16.5. The predicted octanol–water partition coefficient (Wildman–Crippen LogP) is 3.39. The minimum absolute atomic E-state index is 0.859. The highest BCUT2D eigenvalue weighted by Gasteiger charge is 2.17. The molecule has 0 amide bonds. The maximum atomic E-state index is 5.41. The molecule has 2 aromatic carbocycles. The van der Waals surface area contributed by atoms with Crippen molar-refractivity contribution in [3.05, 3.63) is 60.4 Å². The fourth-order valence-electron chi connectivity index (χ4n) is 2.78. The van der Waals surface area contributed by atoms with Gasteiger partial charge in [0.15, 0.2) is 6.20 Å². The van der Waals surface area contributed by atoms with Gasteiger partial charge in [0.1, 0.15) is 5.75 Å². The van der Waals surface area contributed by atoms with Crippen molar-refractivity contribution in [1.29, 1.82) is 0 Å². The number of aromatic amines is 1. The smallest absolute Gasteiger partial charge is 0.202 e. The number of hydrogen-bond acceptors (Lipinski definition) is 2. The maximum absolute atomic E-state index is 5.41. The van der Waals surface area contributed by atoms with Crippen LogP contribution < -0.4 is 9.72 Å². The minimum Gasteiger partial charge on any atom is -0.497 e. The lowest BCUT2D eigenvalue weighted by Crippen LogP contribution is -2.21. The van der Waals surface area contributed by atoms with Crippen LogP contribution in [0.4, 0.5) is 0 Å². The first-order valence-corrected chi connectivity index (χ1v) is 7.40. The Hall–Kier alpha value is -2.39. The molecule has 3 rings (SSSR count). The van der Waals surface area contributed by atoms with E-state index >= 15 is 0 Å². The van der Waals surface area contributed by atoms with Gasteiger partial charge >= 0.3 is 0 Å². The third-order valence-electron chi connectivity index (χ3n) is 3.77. The van der Waals surface area contributed by atoms with Crippen molar-refractivity contribution < 1.29 is 9.72 Å². The van der Waals surface area contributed by atoms with Crippen LogP contribution in [-0.4, -0.2) is 26.1 Å². The molecule has 0 aliphatic carbocycles. The lowest BCUT2D eigenvalue weighted by molar-refractivity contribution is -0.389. The van der Waals surface area contributed by atoms with Gasteiger partial charge in [-0.2, -0.15) is 0 Å². The van der Waals surface area contributed by atoms with Crippen LogP contribution in [0.2, 0.25) is 0 Å². The Balaban J connectivity index is 2.30. The summed E-state index contributed by atoms with van der Waals surface area (Å²) in [6.45, 7) is 0.859. The van der Waals surface area contributed by atoms with Gasteiger partial charge in [0.25, 0.3) is 0 Å². The molecule has 0 saturated carbocycles. The second-order valence-corrected chi connectivity index (χ2v) is 5.70. The summed E-state index contributed by atoms with van der Waals surface area (Å²) in [4.78, 5) is 5.64. The largest absolute Gasteiger partial charge is 0.497 e. The quantitative estimate of drug-likeness (QED) is 0.737. The van der Waals surface area contributed by atoms with Gasteiger partial charge in [-0.05, 0) is 37.9 Å². The van der Waals surface area contributed by atoms with Gasteiger partial charge in [-0.15, -0.1) is 0 Å². The number of fused-ring (bicyclic) bond motifs is 1. The monoisotopic (exact) mass is 293 g/mol. The zero-order valence-corrected chi connectivity index (χ0v) is 13.3. The number of nitrogens with one attached hydrogen (secondary N) is 1. The van der Waals surface area contributed by atoms with Crippen molar-refractivity contribution in [3.63, 3.8) is 0 Å². The molecular formula is C19H21N2O+. The van der Waals surface area contributed by atoms with Crippen LogP contribution in [0.15, 0.2) is 54.7 Å². The van der Waals surface area contributed by atoms with E-state index in [1.54, 1.807) is 7.11 Å². The molecule has 0 fully saturated rings. The lowest BCUT2D eigenvalue weighted by Gasteiger charge is -2.12. The number of hydrogen-bond donors (Lipinski definition) is 0. The molecule has 0 aliphatic heterocycles. The summed E-state index contributed by atoms with van der Waals surface area (Å²) < 4.78 is 5.41. The van der Waals surface area contributed by atoms with E-state index in [0.29, 0.717) is 0 Å². The van der Waals surface area contributed by atoms with Gasteiger partial charge in [-0.25, -0.2) is 4.98 Å². The molecule has 1 aromatic heterocycles. The molecule has 0 bridgehead atoms. The second-order valence-electron chi connectivity index (χ2n) is 5.70. The van der Waals surface area contributed by atoms with Crippen LogP contribution in [0.25, 0.3) is 21.9 Å². The lowest BCUT2D eigenvalue weighted by atomic mass is 9.97. The third-order valence-corrected chi connectivity index (χ3v) is 3.77. The number of pyridine rings is 1. The van der Waals surface area contributed by atoms with Gasteiger partial charge < -0.3 is 4.74 Å². The van der Waals surface area contributed by atoms with E-state index in [1.807, 2.05) is 12.1 Å². The van der Waals surface area contributed by atoms with Crippen molar-refractivity contribution >= 4 is 10.8 Å². The summed E-state index contributed by atoms with van der Waals surface area (Å²) in [5.74, 6) is 0.881. The van der Waals surface area contributed by atoms with Crippen LogP contribution in [0, 0.1) is 0 Å². The van der Waals surface area contributed by atoms with Crippen molar-refractivity contribution in [1.82, 2.24) is 4.90 Å². The molecule has 3 heteroatoms. The average Bonchev–Trinajstić information content (AvgIpc) is 2.54. The van der Waals surface area contributed by atoms with E-state index in [0.717, 1.165) is 12.3 Å². The molecule has 1 heterocycles. The summed E-state index contributed by atoms with van der Waals surface area (Å²) in [7, 11) is 5.87. The zero-order chi connectivity index (χ0) is 15.5. The maximum Gasteiger partial charge on any atom is 0.202 e. The summed E-state index contributed by atoms with van der Waals surface area (Å²) in [5.41, 5.74) is 3.66. The molecule has 0 spiro atoms. The Bertz CT molecular complexity index is 782. The van der Waals surface area contributed by atoms with Crippen molar-refractivity contribution in [2.24, 2.45) is 0 Å². The number of benzene rings is 2. The molecule has 112 valence electrons.